The Kier molecular flexibility index (Phi) is 6.66. The molecule has 2 aromatic rings. The van der Waals surface area contributed by atoms with Gasteiger partial charge in [-0.25, -0.2) is 9.78 Å². The lowest BCUT2D eigenvalue weighted by atomic mass is 10.1. The smallest absolute Gasteiger partial charge is 0.349 e. The Morgan fingerprint density at radius 1 is 1.20 bits per heavy atom. The summed E-state index contributed by atoms with van der Waals surface area (Å²) in [7, 11) is 1.86. The van der Waals surface area contributed by atoms with Crippen LogP contribution in [-0.4, -0.2) is 59.3 Å². The normalized spacial score (nSPS) is 18.9. The molecular weight excluding hydrogens is 512 g/mol. The first-order valence-electron chi connectivity index (χ1n) is 11.7. The van der Waals surface area contributed by atoms with Gasteiger partial charge in [-0.05, 0) is 57.9 Å². The van der Waals surface area contributed by atoms with Gasteiger partial charge in [0.25, 0.3) is 0 Å². The van der Waals surface area contributed by atoms with Gasteiger partial charge >= 0.3 is 5.97 Å². The van der Waals surface area contributed by atoms with Crippen LogP contribution in [0.4, 0.5) is 5.69 Å². The number of benzene rings is 1. The van der Waals surface area contributed by atoms with Crippen molar-refractivity contribution in [3.63, 3.8) is 0 Å². The first-order chi connectivity index (χ1) is 16.1. The molecule has 1 aromatic heterocycles. The highest BCUT2D eigenvalue weighted by molar-refractivity contribution is 8.93. The van der Waals surface area contributed by atoms with Crippen LogP contribution in [0.2, 0.25) is 0 Å². The van der Waals surface area contributed by atoms with Crippen LogP contribution in [0.3, 0.4) is 0 Å². The molecule has 1 aliphatic carbocycles. The number of hydrogen-bond acceptors (Lipinski definition) is 7. The van der Waals surface area contributed by atoms with Crippen molar-refractivity contribution in [2.45, 2.75) is 57.8 Å². The van der Waals surface area contributed by atoms with E-state index in [1.54, 1.807) is 23.1 Å². The number of pyridine rings is 1. The van der Waals surface area contributed by atoms with Gasteiger partial charge in [-0.15, -0.1) is 17.0 Å². The first-order valence-corrected chi connectivity index (χ1v) is 11.7. The van der Waals surface area contributed by atoms with Crippen molar-refractivity contribution < 1.29 is 19.1 Å². The fourth-order valence-electron chi connectivity index (χ4n) is 4.39. The van der Waals surface area contributed by atoms with Gasteiger partial charge in [-0.1, -0.05) is 6.07 Å². The third-order valence-corrected chi connectivity index (χ3v) is 6.30. The van der Waals surface area contributed by atoms with E-state index in [4.69, 9.17) is 19.9 Å². The number of rotatable bonds is 5. The van der Waals surface area contributed by atoms with E-state index in [9.17, 15) is 9.59 Å². The number of nitrogens with one attached hydrogen (secondary N) is 1. The highest BCUT2D eigenvalue weighted by Gasteiger charge is 2.34. The number of amidine groups is 1. The number of hydrogen-bond donors (Lipinski definition) is 1. The van der Waals surface area contributed by atoms with Crippen LogP contribution in [-0.2, 0) is 16.1 Å². The van der Waals surface area contributed by atoms with E-state index in [1.807, 2.05) is 38.8 Å². The van der Waals surface area contributed by atoms with Gasteiger partial charge in [0.05, 0.1) is 18.8 Å². The summed E-state index contributed by atoms with van der Waals surface area (Å²) in [6.45, 7) is 6.43. The fraction of sp³-hybridized carbons (Fsp3) is 0.462. The number of carbonyl (C=O) groups excluding carboxylic acids is 2. The number of fused-ring (bicyclic) bond motifs is 2. The maximum atomic E-state index is 13.1. The number of esters is 1. The second-order valence-corrected chi connectivity index (χ2v) is 10.3. The molecule has 1 fully saturated rings. The van der Waals surface area contributed by atoms with Gasteiger partial charge in [0, 0.05) is 36.3 Å². The molecule has 186 valence electrons. The van der Waals surface area contributed by atoms with Crippen LogP contribution >= 0.6 is 17.0 Å². The van der Waals surface area contributed by atoms with Crippen molar-refractivity contribution in [2.24, 2.45) is 0 Å². The molecule has 1 saturated carbocycles. The van der Waals surface area contributed by atoms with Crippen LogP contribution in [0.1, 0.15) is 66.8 Å². The second-order valence-electron chi connectivity index (χ2n) is 10.3. The average molecular weight is 543 g/mol. The number of anilines is 1. The molecule has 3 heterocycles. The number of likely N-dealkylation sites (N-methyl/N-ethyl adjacent to an activating group) is 1. The molecule has 8 nitrogen and oxygen atoms in total. The number of halogens is 1. The molecule has 1 aromatic carbocycles. The highest BCUT2D eigenvalue weighted by Crippen LogP contribution is 2.40. The molecule has 9 heteroatoms. The Bertz CT molecular complexity index is 1190. The molecule has 0 bridgehead atoms. The Hall–Kier alpha value is -2.94. The Morgan fingerprint density at radius 2 is 1.94 bits per heavy atom. The lowest BCUT2D eigenvalue weighted by molar-refractivity contribution is -0.163. The molecule has 0 spiro atoms. The maximum Gasteiger partial charge on any atom is 0.349 e. The lowest BCUT2D eigenvalue weighted by Crippen LogP contribution is -2.45. The van der Waals surface area contributed by atoms with E-state index in [1.165, 1.54) is 0 Å². The van der Waals surface area contributed by atoms with Crippen LogP contribution in [0.15, 0.2) is 30.3 Å². The number of carbonyl (C=O) groups is 2. The van der Waals surface area contributed by atoms with Gasteiger partial charge in [0.1, 0.15) is 22.9 Å². The van der Waals surface area contributed by atoms with Crippen LogP contribution in [0.25, 0.3) is 0 Å². The van der Waals surface area contributed by atoms with E-state index in [2.05, 4.69) is 6.07 Å². The third-order valence-electron chi connectivity index (χ3n) is 6.30. The average Bonchev–Trinajstić information content (AvgIpc) is 3.58. The number of Topliss-reactive ketones (excluding diaryl/α,β-unsaturated/α-hetero) is 1. The van der Waals surface area contributed by atoms with Crippen molar-refractivity contribution in [2.75, 3.05) is 25.0 Å². The van der Waals surface area contributed by atoms with Crippen molar-refractivity contribution in [1.29, 1.82) is 5.41 Å². The lowest BCUT2D eigenvalue weighted by Gasteiger charge is -2.34. The van der Waals surface area contributed by atoms with Crippen molar-refractivity contribution in [1.82, 2.24) is 9.88 Å². The summed E-state index contributed by atoms with van der Waals surface area (Å²) in [6.07, 6.45) is 1.60. The molecule has 35 heavy (non-hydrogen) atoms. The maximum absolute atomic E-state index is 13.1. The molecule has 0 radical (unpaired) electrons. The van der Waals surface area contributed by atoms with Crippen LogP contribution in [0, 0.1) is 5.41 Å². The monoisotopic (exact) mass is 542 g/mol. The number of aromatic nitrogens is 1. The highest BCUT2D eigenvalue weighted by atomic mass is 79.9. The van der Waals surface area contributed by atoms with E-state index >= 15 is 0 Å². The van der Waals surface area contributed by atoms with E-state index in [-0.39, 0.29) is 29.3 Å². The quantitative estimate of drug-likeness (QED) is 0.448. The largest absolute Gasteiger partial charge is 0.475 e. The minimum Gasteiger partial charge on any atom is -0.475 e. The predicted molar refractivity (Wildman–Crippen MR) is 138 cm³/mol. The predicted octanol–water partition coefficient (Wildman–Crippen LogP) is 4.10. The summed E-state index contributed by atoms with van der Waals surface area (Å²) in [6, 6.07) is 9.32. The summed E-state index contributed by atoms with van der Waals surface area (Å²) in [5, 5.41) is 8.55. The molecule has 1 N–H and O–H groups in total. The van der Waals surface area contributed by atoms with Crippen LogP contribution < -0.4 is 9.64 Å². The van der Waals surface area contributed by atoms with Crippen molar-refractivity contribution in [3.05, 3.63) is 52.8 Å². The zero-order valence-electron chi connectivity index (χ0n) is 20.5. The molecule has 0 amide bonds. The topological polar surface area (TPSA) is 95.8 Å². The Balaban J connectivity index is 0.00000289. The minimum absolute atomic E-state index is 0. The second kappa shape index (κ2) is 9.26. The standard InChI is InChI=1S/C26H30N4O4.BrH/c1-26(2,3)34-25(32)22-14-29(4)19-11-16(8-10-21(19)33-22)20(31)13-30-12-17-7-9-18(15-5-6-15)28-23(17)24(30)27;/h7-11,15,22,27H,5-6,12-14H2,1-4H3;1H. The van der Waals surface area contributed by atoms with Crippen LogP contribution in [0.5, 0.6) is 5.75 Å². The van der Waals surface area contributed by atoms with Gasteiger partial charge in [-0.3, -0.25) is 10.2 Å². The number of ketones is 1. The van der Waals surface area contributed by atoms with Gasteiger partial charge in [-0.2, -0.15) is 0 Å². The first kappa shape index (κ1) is 25.2. The van der Waals surface area contributed by atoms with E-state index in [0.29, 0.717) is 41.8 Å². The molecular formula is C26H31BrN4O4. The summed E-state index contributed by atoms with van der Waals surface area (Å²) >= 11 is 0. The minimum atomic E-state index is -0.727. The van der Waals surface area contributed by atoms with Crippen molar-refractivity contribution >= 4 is 40.3 Å². The zero-order valence-corrected chi connectivity index (χ0v) is 22.2. The molecule has 3 aliphatic rings. The SMILES string of the molecule is Br.CN1CC(C(=O)OC(C)(C)C)Oc2ccc(C(=O)CN3Cc4ccc(C5CC5)nc4C3=N)cc21. The summed E-state index contributed by atoms with van der Waals surface area (Å²) in [4.78, 5) is 34.0. The number of nitrogens with zero attached hydrogens (tertiary/aromatic N) is 3. The van der Waals surface area contributed by atoms with Gasteiger partial charge in [0.2, 0.25) is 6.10 Å². The molecule has 0 saturated heterocycles. The molecule has 1 unspecified atom stereocenters. The van der Waals surface area contributed by atoms with Gasteiger partial charge in [0.15, 0.2) is 5.78 Å². The zero-order chi connectivity index (χ0) is 24.2. The summed E-state index contributed by atoms with van der Waals surface area (Å²) in [5.41, 5.74) is 3.45. The molecule has 1 atom stereocenters. The van der Waals surface area contributed by atoms with E-state index < -0.39 is 17.7 Å². The fourth-order valence-corrected chi connectivity index (χ4v) is 4.39. The van der Waals surface area contributed by atoms with Crippen molar-refractivity contribution in [3.8, 4) is 5.75 Å². The summed E-state index contributed by atoms with van der Waals surface area (Å²) in [5.74, 6) is 0.892. The summed E-state index contributed by atoms with van der Waals surface area (Å²) < 4.78 is 11.4. The van der Waals surface area contributed by atoms with E-state index in [0.717, 1.165) is 29.8 Å². The Labute approximate surface area is 215 Å². The Morgan fingerprint density at radius 3 is 2.63 bits per heavy atom. The van der Waals surface area contributed by atoms with Gasteiger partial charge < -0.3 is 19.3 Å². The molecule has 2 aliphatic heterocycles. The molecule has 5 rings (SSSR count). The number of ether oxygens (including phenoxy) is 2. The third kappa shape index (κ3) is 5.19.